The molecule has 0 unspecified atom stereocenters. The molecule has 0 saturated carbocycles. The number of carbonyl (C=O) groups excluding carboxylic acids is 1. The zero-order valence-corrected chi connectivity index (χ0v) is 15.1. The third-order valence-corrected chi connectivity index (χ3v) is 3.85. The Labute approximate surface area is 152 Å². The molecule has 0 fully saturated rings. The Kier molecular flexibility index (Phi) is 6.43. The number of hydrogen-bond donors (Lipinski definition) is 1. The first-order valence-electron chi connectivity index (χ1n) is 8.39. The van der Waals surface area contributed by atoms with Crippen LogP contribution in [0.5, 0.6) is 0 Å². The average Bonchev–Trinajstić information content (AvgIpc) is 2.62. The molecule has 1 amide bonds. The van der Waals surface area contributed by atoms with E-state index in [-0.39, 0.29) is 16.5 Å². The van der Waals surface area contributed by atoms with E-state index in [1.807, 2.05) is 24.8 Å². The minimum absolute atomic E-state index is 0.0682. The van der Waals surface area contributed by atoms with Gasteiger partial charge in [0, 0.05) is 38.0 Å². The van der Waals surface area contributed by atoms with Crippen molar-refractivity contribution >= 4 is 34.9 Å². The van der Waals surface area contributed by atoms with Crippen molar-refractivity contribution < 1.29 is 9.72 Å². The fourth-order valence-electron chi connectivity index (χ4n) is 2.58. The monoisotopic (exact) mass is 354 g/mol. The number of nitro benzene ring substituents is 1. The van der Waals surface area contributed by atoms with Crippen LogP contribution in [-0.2, 0) is 4.79 Å². The maximum absolute atomic E-state index is 11.4. The van der Waals surface area contributed by atoms with Gasteiger partial charge in [0.1, 0.15) is 5.69 Å². The Morgan fingerprint density at radius 3 is 2.38 bits per heavy atom. The molecule has 0 saturated heterocycles. The minimum Gasteiger partial charge on any atom is -0.367 e. The summed E-state index contributed by atoms with van der Waals surface area (Å²) in [7, 11) is 0. The van der Waals surface area contributed by atoms with Crippen LogP contribution in [0.4, 0.5) is 22.7 Å². The van der Waals surface area contributed by atoms with Gasteiger partial charge in [-0.3, -0.25) is 19.9 Å². The van der Waals surface area contributed by atoms with Crippen LogP contribution in [0.15, 0.2) is 47.5 Å². The van der Waals surface area contributed by atoms with Gasteiger partial charge < -0.3 is 10.2 Å². The normalized spacial score (nSPS) is 10.7. The Morgan fingerprint density at radius 1 is 1.19 bits per heavy atom. The summed E-state index contributed by atoms with van der Waals surface area (Å²) >= 11 is 0. The number of benzene rings is 2. The molecule has 0 radical (unpaired) electrons. The summed E-state index contributed by atoms with van der Waals surface area (Å²) in [6.45, 7) is 6.78. The standard InChI is InChI=1S/C19H22N4O3/c1-4-22(5-2)18-11-6-15(12-19(18)23(25)26)13-20-16-7-9-17(10-8-16)21-14(3)24/h6-13H,4-5H2,1-3H3,(H,21,24). The SMILES string of the molecule is CCN(CC)c1ccc(C=Nc2ccc(NC(C)=O)cc2)cc1[N+](=O)[O-]. The zero-order chi connectivity index (χ0) is 19.1. The van der Waals surface area contributed by atoms with Gasteiger partial charge in [0.25, 0.3) is 5.69 Å². The first kappa shape index (κ1) is 19.1. The summed E-state index contributed by atoms with van der Waals surface area (Å²) in [4.78, 5) is 28.3. The number of hydrogen-bond acceptors (Lipinski definition) is 5. The first-order valence-corrected chi connectivity index (χ1v) is 8.39. The third-order valence-electron chi connectivity index (χ3n) is 3.85. The smallest absolute Gasteiger partial charge is 0.293 e. The van der Waals surface area contributed by atoms with Gasteiger partial charge in [-0.15, -0.1) is 0 Å². The molecule has 0 aromatic heterocycles. The first-order chi connectivity index (χ1) is 12.4. The molecule has 2 rings (SSSR count). The molecule has 0 heterocycles. The lowest BCUT2D eigenvalue weighted by Crippen LogP contribution is -2.22. The summed E-state index contributed by atoms with van der Waals surface area (Å²) in [5.41, 5.74) is 2.71. The summed E-state index contributed by atoms with van der Waals surface area (Å²) in [6, 6.07) is 12.1. The Bertz CT molecular complexity index is 812. The van der Waals surface area contributed by atoms with Crippen molar-refractivity contribution in [3.63, 3.8) is 0 Å². The molecule has 2 aromatic carbocycles. The molecular formula is C19H22N4O3. The van der Waals surface area contributed by atoms with E-state index in [9.17, 15) is 14.9 Å². The van der Waals surface area contributed by atoms with Gasteiger partial charge in [0.2, 0.25) is 5.91 Å². The number of amides is 1. The predicted octanol–water partition coefficient (Wildman–Crippen LogP) is 4.15. The molecule has 1 N–H and O–H groups in total. The maximum Gasteiger partial charge on any atom is 0.293 e. The van der Waals surface area contributed by atoms with Crippen molar-refractivity contribution in [2.45, 2.75) is 20.8 Å². The van der Waals surface area contributed by atoms with Crippen molar-refractivity contribution in [2.24, 2.45) is 4.99 Å². The van der Waals surface area contributed by atoms with Gasteiger partial charge in [0.15, 0.2) is 0 Å². The summed E-state index contributed by atoms with van der Waals surface area (Å²) in [6.07, 6.45) is 1.59. The maximum atomic E-state index is 11.4. The largest absolute Gasteiger partial charge is 0.367 e. The van der Waals surface area contributed by atoms with Crippen molar-refractivity contribution in [3.05, 3.63) is 58.1 Å². The summed E-state index contributed by atoms with van der Waals surface area (Å²) in [5.74, 6) is -0.137. The third kappa shape index (κ3) is 4.89. The molecule has 0 aliphatic carbocycles. The van der Waals surface area contributed by atoms with E-state index in [1.54, 1.807) is 36.5 Å². The number of aliphatic imine (C=N–C) groups is 1. The van der Waals surface area contributed by atoms with Crippen LogP contribution in [0.1, 0.15) is 26.3 Å². The molecule has 7 nitrogen and oxygen atoms in total. The lowest BCUT2D eigenvalue weighted by Gasteiger charge is -2.20. The van der Waals surface area contributed by atoms with E-state index >= 15 is 0 Å². The fourth-order valence-corrected chi connectivity index (χ4v) is 2.58. The fraction of sp³-hybridized carbons (Fsp3) is 0.263. The number of nitrogens with zero attached hydrogens (tertiary/aromatic N) is 3. The quantitative estimate of drug-likeness (QED) is 0.459. The Hall–Kier alpha value is -3.22. The highest BCUT2D eigenvalue weighted by atomic mass is 16.6. The number of anilines is 2. The highest BCUT2D eigenvalue weighted by Gasteiger charge is 2.17. The Balaban J connectivity index is 2.23. The number of rotatable bonds is 7. The molecule has 0 atom stereocenters. The van der Waals surface area contributed by atoms with E-state index in [4.69, 9.17) is 0 Å². The van der Waals surface area contributed by atoms with E-state index in [1.165, 1.54) is 13.0 Å². The van der Waals surface area contributed by atoms with E-state index < -0.39 is 0 Å². The molecular weight excluding hydrogens is 332 g/mol. The van der Waals surface area contributed by atoms with Crippen LogP contribution in [0, 0.1) is 10.1 Å². The van der Waals surface area contributed by atoms with Crippen LogP contribution in [0.3, 0.4) is 0 Å². The van der Waals surface area contributed by atoms with Gasteiger partial charge in [-0.1, -0.05) is 6.07 Å². The second kappa shape index (κ2) is 8.75. The number of nitro groups is 1. The molecule has 0 spiro atoms. The van der Waals surface area contributed by atoms with Crippen LogP contribution >= 0.6 is 0 Å². The molecule has 0 aliphatic rings. The van der Waals surface area contributed by atoms with Crippen molar-refractivity contribution in [2.75, 3.05) is 23.3 Å². The molecule has 0 aliphatic heterocycles. The minimum atomic E-state index is -0.368. The lowest BCUT2D eigenvalue weighted by molar-refractivity contribution is -0.384. The van der Waals surface area contributed by atoms with Gasteiger partial charge in [-0.2, -0.15) is 0 Å². The van der Waals surface area contributed by atoms with Gasteiger partial charge in [0.05, 0.1) is 10.6 Å². The topological polar surface area (TPSA) is 87.8 Å². The van der Waals surface area contributed by atoms with Gasteiger partial charge in [-0.05, 0) is 49.7 Å². The number of carbonyl (C=O) groups is 1. The molecule has 7 heteroatoms. The van der Waals surface area contributed by atoms with Gasteiger partial charge >= 0.3 is 0 Å². The molecule has 26 heavy (non-hydrogen) atoms. The highest BCUT2D eigenvalue weighted by Crippen LogP contribution is 2.29. The lowest BCUT2D eigenvalue weighted by atomic mass is 10.1. The average molecular weight is 354 g/mol. The van der Waals surface area contributed by atoms with Crippen molar-refractivity contribution in [3.8, 4) is 0 Å². The number of nitrogens with one attached hydrogen (secondary N) is 1. The van der Waals surface area contributed by atoms with Crippen LogP contribution in [0.2, 0.25) is 0 Å². The predicted molar refractivity (Wildman–Crippen MR) is 105 cm³/mol. The zero-order valence-electron chi connectivity index (χ0n) is 15.1. The molecule has 136 valence electrons. The molecule has 0 bridgehead atoms. The van der Waals surface area contributed by atoms with Crippen LogP contribution in [-0.4, -0.2) is 30.1 Å². The van der Waals surface area contributed by atoms with Crippen molar-refractivity contribution in [1.29, 1.82) is 0 Å². The highest BCUT2D eigenvalue weighted by molar-refractivity contribution is 5.89. The van der Waals surface area contributed by atoms with E-state index in [2.05, 4.69) is 10.3 Å². The summed E-state index contributed by atoms with van der Waals surface area (Å²) < 4.78 is 0. The second-order valence-corrected chi connectivity index (χ2v) is 5.66. The van der Waals surface area contributed by atoms with E-state index in [0.29, 0.717) is 35.7 Å². The molecule has 2 aromatic rings. The van der Waals surface area contributed by atoms with Gasteiger partial charge in [-0.25, -0.2) is 0 Å². The second-order valence-electron chi connectivity index (χ2n) is 5.66. The van der Waals surface area contributed by atoms with Crippen LogP contribution < -0.4 is 10.2 Å². The van der Waals surface area contributed by atoms with Crippen molar-refractivity contribution in [1.82, 2.24) is 0 Å². The van der Waals surface area contributed by atoms with E-state index in [0.717, 1.165) is 0 Å². The Morgan fingerprint density at radius 2 is 1.85 bits per heavy atom. The summed E-state index contributed by atoms with van der Waals surface area (Å²) in [5, 5.41) is 14.1. The van der Waals surface area contributed by atoms with Crippen LogP contribution in [0.25, 0.3) is 0 Å².